The van der Waals surface area contributed by atoms with Crippen molar-refractivity contribution in [2.24, 2.45) is 0 Å². The minimum Gasteiger partial charge on any atom is -0.376 e. The van der Waals surface area contributed by atoms with Crippen LogP contribution >= 0.6 is 28.4 Å². The van der Waals surface area contributed by atoms with Crippen molar-refractivity contribution in [2.45, 2.75) is 24.3 Å². The first-order valence-corrected chi connectivity index (χ1v) is 5.34. The zero-order chi connectivity index (χ0) is 9.84. The minimum absolute atomic E-state index is 0.0215. The third-order valence-corrected chi connectivity index (χ3v) is 2.94. The quantitative estimate of drug-likeness (QED) is 0.492. The van der Waals surface area contributed by atoms with Gasteiger partial charge >= 0.3 is 0 Å². The second kappa shape index (κ2) is 5.93. The van der Waals surface area contributed by atoms with Crippen LogP contribution in [0.4, 0.5) is 0 Å². The van der Waals surface area contributed by atoms with Crippen molar-refractivity contribution in [3.8, 4) is 0 Å². The summed E-state index contributed by atoms with van der Waals surface area (Å²) in [6.07, 6.45) is -0.235. The SMILES string of the molecule is BC1OC(COP)C(OP)C1OP. The molecule has 8 heteroatoms. The average Bonchev–Trinajstić information content (AvgIpc) is 2.41. The molecule has 7 unspecified atom stereocenters. The fourth-order valence-corrected chi connectivity index (χ4v) is 2.39. The average molecular weight is 242 g/mol. The van der Waals surface area contributed by atoms with Crippen LogP contribution in [0, 0.1) is 0 Å². The highest BCUT2D eigenvalue weighted by Crippen LogP contribution is 2.28. The van der Waals surface area contributed by atoms with Crippen molar-refractivity contribution in [3.63, 3.8) is 0 Å². The molecule has 76 valence electrons. The van der Waals surface area contributed by atoms with Crippen LogP contribution in [0.25, 0.3) is 0 Å². The molecule has 0 N–H and O–H groups in total. The van der Waals surface area contributed by atoms with E-state index in [1.165, 1.54) is 0 Å². The van der Waals surface area contributed by atoms with E-state index in [2.05, 4.69) is 28.4 Å². The summed E-state index contributed by atoms with van der Waals surface area (Å²) in [4.78, 5) is 0. The Morgan fingerprint density at radius 2 is 1.77 bits per heavy atom. The number of rotatable bonds is 4. The van der Waals surface area contributed by atoms with Gasteiger partial charge in [0.15, 0.2) is 0 Å². The van der Waals surface area contributed by atoms with E-state index in [1.807, 2.05) is 7.85 Å². The van der Waals surface area contributed by atoms with E-state index in [-0.39, 0.29) is 24.3 Å². The fraction of sp³-hybridized carbons (Fsp3) is 1.00. The maximum Gasteiger partial charge on any atom is 0.142 e. The first kappa shape index (κ1) is 12.3. The summed E-state index contributed by atoms with van der Waals surface area (Å²) in [6, 6.07) is 0.0215. The molecule has 0 aliphatic carbocycles. The summed E-state index contributed by atoms with van der Waals surface area (Å²) < 4.78 is 20.9. The van der Waals surface area contributed by atoms with Gasteiger partial charge in [-0.1, -0.05) is 0 Å². The van der Waals surface area contributed by atoms with Crippen LogP contribution in [0.2, 0.25) is 0 Å². The molecular formula is C5H14BO4P3. The molecule has 0 spiro atoms. The lowest BCUT2D eigenvalue weighted by Gasteiger charge is -2.19. The summed E-state index contributed by atoms with van der Waals surface area (Å²) in [5.41, 5.74) is 0. The number of hydrogen-bond donors (Lipinski definition) is 0. The lowest BCUT2D eigenvalue weighted by Crippen LogP contribution is -2.35. The largest absolute Gasteiger partial charge is 0.376 e. The molecule has 0 aromatic carbocycles. The third-order valence-electron chi connectivity index (χ3n) is 2.12. The van der Waals surface area contributed by atoms with Gasteiger partial charge in [0.25, 0.3) is 0 Å². The summed E-state index contributed by atoms with van der Waals surface area (Å²) in [5.74, 6) is 0. The highest BCUT2D eigenvalue weighted by molar-refractivity contribution is 7.10. The Morgan fingerprint density at radius 3 is 2.23 bits per heavy atom. The molecule has 1 aliphatic rings. The van der Waals surface area contributed by atoms with E-state index in [0.29, 0.717) is 6.61 Å². The summed E-state index contributed by atoms with van der Waals surface area (Å²) in [6.45, 7) is 0.485. The van der Waals surface area contributed by atoms with Crippen molar-refractivity contribution in [2.75, 3.05) is 6.61 Å². The van der Waals surface area contributed by atoms with Gasteiger partial charge in [0.05, 0.1) is 12.6 Å². The molecule has 1 aliphatic heterocycles. The maximum absolute atomic E-state index is 5.59. The first-order chi connectivity index (χ1) is 6.24. The zero-order valence-electron chi connectivity index (χ0n) is 7.38. The molecule has 0 amide bonds. The minimum atomic E-state index is -0.0990. The molecular weight excluding hydrogens is 228 g/mol. The van der Waals surface area contributed by atoms with Crippen LogP contribution in [0.5, 0.6) is 0 Å². The van der Waals surface area contributed by atoms with E-state index in [4.69, 9.17) is 18.3 Å². The Kier molecular flexibility index (Phi) is 5.59. The topological polar surface area (TPSA) is 36.9 Å². The van der Waals surface area contributed by atoms with Crippen LogP contribution in [-0.2, 0) is 18.3 Å². The molecule has 1 rings (SSSR count). The lowest BCUT2D eigenvalue weighted by molar-refractivity contribution is 0.0198. The monoisotopic (exact) mass is 242 g/mol. The second-order valence-corrected chi connectivity index (χ2v) is 3.79. The van der Waals surface area contributed by atoms with Gasteiger partial charge in [-0.2, -0.15) is 0 Å². The lowest BCUT2D eigenvalue weighted by atomic mass is 9.93. The molecule has 4 nitrogen and oxygen atoms in total. The van der Waals surface area contributed by atoms with Gasteiger partial charge in [-0.05, 0) is 0 Å². The van der Waals surface area contributed by atoms with Gasteiger partial charge in [0.1, 0.15) is 26.2 Å². The molecule has 1 saturated heterocycles. The zero-order valence-corrected chi connectivity index (χ0v) is 10.8. The predicted molar refractivity (Wildman–Crippen MR) is 62.0 cm³/mol. The van der Waals surface area contributed by atoms with Gasteiger partial charge in [-0.3, -0.25) is 0 Å². The van der Waals surface area contributed by atoms with Gasteiger partial charge in [-0.15, -0.1) is 0 Å². The number of hydrogen-bond acceptors (Lipinski definition) is 4. The van der Waals surface area contributed by atoms with Gasteiger partial charge in [0.2, 0.25) is 0 Å². The van der Waals surface area contributed by atoms with Crippen molar-refractivity contribution in [3.05, 3.63) is 0 Å². The molecule has 0 aromatic heterocycles. The van der Waals surface area contributed by atoms with Crippen LogP contribution < -0.4 is 0 Å². The fourth-order valence-electron chi connectivity index (χ4n) is 1.49. The van der Waals surface area contributed by atoms with E-state index >= 15 is 0 Å². The van der Waals surface area contributed by atoms with Crippen molar-refractivity contribution in [1.29, 1.82) is 0 Å². The predicted octanol–water partition coefficient (Wildman–Crippen LogP) is -0.498. The molecule has 0 saturated carbocycles. The van der Waals surface area contributed by atoms with Crippen molar-refractivity contribution < 1.29 is 18.3 Å². The second-order valence-electron chi connectivity index (χ2n) is 2.91. The van der Waals surface area contributed by atoms with Crippen molar-refractivity contribution in [1.82, 2.24) is 0 Å². The van der Waals surface area contributed by atoms with Crippen LogP contribution in [0.1, 0.15) is 0 Å². The third kappa shape index (κ3) is 2.82. The van der Waals surface area contributed by atoms with Gasteiger partial charge in [-0.25, -0.2) is 0 Å². The molecule has 0 radical (unpaired) electrons. The first-order valence-electron chi connectivity index (χ1n) is 3.92. The normalized spacial score (nSPS) is 39.6. The molecule has 1 heterocycles. The van der Waals surface area contributed by atoms with E-state index in [9.17, 15) is 0 Å². The summed E-state index contributed by atoms with van der Waals surface area (Å²) >= 11 is 0. The molecule has 13 heavy (non-hydrogen) atoms. The summed E-state index contributed by atoms with van der Waals surface area (Å²) in [7, 11) is 8.62. The molecule has 1 fully saturated rings. The van der Waals surface area contributed by atoms with Gasteiger partial charge in [0, 0.05) is 28.4 Å². The highest BCUT2D eigenvalue weighted by atomic mass is 31.0. The molecule has 7 atom stereocenters. The maximum atomic E-state index is 5.59. The van der Waals surface area contributed by atoms with E-state index in [1.54, 1.807) is 0 Å². The van der Waals surface area contributed by atoms with Crippen molar-refractivity contribution >= 4 is 36.2 Å². The smallest absolute Gasteiger partial charge is 0.142 e. The van der Waals surface area contributed by atoms with Gasteiger partial charge < -0.3 is 18.3 Å². The Bertz CT molecular complexity index is 163. The Labute approximate surface area is 86.0 Å². The summed E-state index contributed by atoms with van der Waals surface area (Å²) in [5, 5.41) is 0. The van der Waals surface area contributed by atoms with Crippen LogP contribution in [-0.4, -0.2) is 38.8 Å². The van der Waals surface area contributed by atoms with Crippen LogP contribution in [0.15, 0.2) is 0 Å². The Balaban J connectivity index is 2.57. The Morgan fingerprint density at radius 1 is 1.15 bits per heavy atom. The Hall–Kier alpha value is 1.19. The highest BCUT2D eigenvalue weighted by Gasteiger charge is 2.42. The molecule has 0 bridgehead atoms. The molecule has 0 aromatic rings. The van der Waals surface area contributed by atoms with E-state index in [0.717, 1.165) is 0 Å². The number of ether oxygens (including phenoxy) is 1. The standard InChI is InChI=1S/C5H14BO4P3/c6-5-4(10-13)3(9-12)2(8-5)1-7-11/h2-5H,1,6,11-13H2. The van der Waals surface area contributed by atoms with Crippen LogP contribution in [0.3, 0.4) is 0 Å². The van der Waals surface area contributed by atoms with E-state index < -0.39 is 0 Å².